The fourth-order valence-electron chi connectivity index (χ4n) is 1.76. The molecule has 1 amide bonds. The number of carbonyl (C=O) groups is 1. The van der Waals surface area contributed by atoms with E-state index in [1.807, 2.05) is 0 Å². The molecular weight excluding hydrogens is 316 g/mol. The number of aromatic nitrogens is 1. The average molecular weight is 330 g/mol. The molecule has 0 radical (unpaired) electrons. The molecule has 1 heterocycles. The first-order chi connectivity index (χ1) is 11.5. The molecule has 124 valence electrons. The molecule has 0 spiro atoms. The minimum absolute atomic E-state index is 0.150. The van der Waals surface area contributed by atoms with Crippen molar-refractivity contribution in [1.29, 1.82) is 0 Å². The molecule has 1 aromatic heterocycles. The zero-order chi connectivity index (χ0) is 17.5. The predicted octanol–water partition coefficient (Wildman–Crippen LogP) is 3.01. The van der Waals surface area contributed by atoms with Gasteiger partial charge in [-0.05, 0) is 25.1 Å². The third kappa shape index (κ3) is 4.26. The zero-order valence-electron chi connectivity index (χ0n) is 12.7. The number of hydrogen-bond acceptors (Lipinski definition) is 7. The van der Waals surface area contributed by atoms with E-state index in [2.05, 4.69) is 15.3 Å². The number of nitrogens with one attached hydrogen (secondary N) is 1. The lowest BCUT2D eigenvalue weighted by Gasteiger charge is -2.06. The Morgan fingerprint density at radius 1 is 1.50 bits per heavy atom. The van der Waals surface area contributed by atoms with Crippen LogP contribution in [0.4, 0.5) is 22.0 Å². The Labute approximate surface area is 136 Å². The highest BCUT2D eigenvalue weighted by Gasteiger charge is 2.10. The Kier molecular flexibility index (Phi) is 5.40. The smallest absolute Gasteiger partial charge is 0.411 e. The molecule has 24 heavy (non-hydrogen) atoms. The van der Waals surface area contributed by atoms with Crippen molar-refractivity contribution in [3.8, 4) is 5.75 Å². The number of rotatable bonds is 5. The number of amides is 1. The number of pyridine rings is 1. The van der Waals surface area contributed by atoms with Gasteiger partial charge in [0.15, 0.2) is 5.82 Å². The van der Waals surface area contributed by atoms with Gasteiger partial charge in [-0.3, -0.25) is 15.4 Å². The molecule has 0 aliphatic heterocycles. The fourth-order valence-corrected chi connectivity index (χ4v) is 1.76. The number of nitro benzene ring substituents is 1. The first-order valence-electron chi connectivity index (χ1n) is 6.91. The molecule has 0 saturated heterocycles. The van der Waals surface area contributed by atoms with Gasteiger partial charge in [-0.1, -0.05) is 0 Å². The minimum Gasteiger partial charge on any atom is -0.507 e. The number of phenolic OH excluding ortho intramolecular Hbond substituents is 1. The summed E-state index contributed by atoms with van der Waals surface area (Å²) in [6, 6.07) is 6.74. The Bertz CT molecular complexity index is 791. The summed E-state index contributed by atoms with van der Waals surface area (Å²) in [5.41, 5.74) is 0.272. The van der Waals surface area contributed by atoms with Crippen molar-refractivity contribution < 1.29 is 19.6 Å². The number of hydrogen-bond donors (Lipinski definition) is 2. The standard InChI is InChI=1S/C15H14N4O5/c1-2-24-15(21)18-12-4-3-7-16-14(12)17-9-10-8-11(19(22)23)5-6-13(10)20/h3-9,20H,2H2,1H3,(H,18,21)/b17-9+. The third-order valence-electron chi connectivity index (χ3n) is 2.85. The van der Waals surface area contributed by atoms with Crippen LogP contribution >= 0.6 is 0 Å². The summed E-state index contributed by atoms with van der Waals surface area (Å²) in [6.07, 6.45) is 2.04. The number of benzene rings is 1. The number of phenols is 1. The largest absolute Gasteiger partial charge is 0.507 e. The SMILES string of the molecule is CCOC(=O)Nc1cccnc1/N=C/c1cc([N+](=O)[O-])ccc1O. The van der Waals surface area contributed by atoms with Gasteiger partial charge < -0.3 is 9.84 Å². The molecule has 1 aromatic carbocycles. The molecule has 0 unspecified atom stereocenters. The number of nitro groups is 1. The van der Waals surface area contributed by atoms with Crippen molar-refractivity contribution in [2.75, 3.05) is 11.9 Å². The van der Waals surface area contributed by atoms with Gasteiger partial charge in [0.05, 0.1) is 17.2 Å². The molecule has 9 heteroatoms. The molecular formula is C15H14N4O5. The summed E-state index contributed by atoms with van der Waals surface area (Å²) < 4.78 is 4.78. The van der Waals surface area contributed by atoms with Gasteiger partial charge >= 0.3 is 6.09 Å². The van der Waals surface area contributed by atoms with Crippen LogP contribution in [-0.2, 0) is 4.74 Å². The van der Waals surface area contributed by atoms with E-state index in [9.17, 15) is 20.0 Å². The van der Waals surface area contributed by atoms with Gasteiger partial charge in [0.2, 0.25) is 0 Å². The van der Waals surface area contributed by atoms with E-state index in [4.69, 9.17) is 4.74 Å². The quantitative estimate of drug-likeness (QED) is 0.493. The molecule has 9 nitrogen and oxygen atoms in total. The topological polar surface area (TPSA) is 127 Å². The second-order valence-electron chi connectivity index (χ2n) is 4.48. The van der Waals surface area contributed by atoms with E-state index < -0.39 is 11.0 Å². The summed E-state index contributed by atoms with van der Waals surface area (Å²) in [5.74, 6) is -0.00311. The summed E-state index contributed by atoms with van der Waals surface area (Å²) >= 11 is 0. The van der Waals surface area contributed by atoms with Crippen molar-refractivity contribution in [2.24, 2.45) is 4.99 Å². The number of aliphatic imine (C=N–C) groups is 1. The van der Waals surface area contributed by atoms with E-state index in [1.54, 1.807) is 19.1 Å². The van der Waals surface area contributed by atoms with Crippen LogP contribution < -0.4 is 5.32 Å². The molecule has 2 aromatic rings. The first-order valence-corrected chi connectivity index (χ1v) is 6.91. The number of anilines is 1. The molecule has 2 N–H and O–H groups in total. The number of nitrogens with zero attached hydrogens (tertiary/aromatic N) is 3. The molecule has 0 aliphatic carbocycles. The predicted molar refractivity (Wildman–Crippen MR) is 86.9 cm³/mol. The Hall–Kier alpha value is -3.49. The molecule has 0 atom stereocenters. The van der Waals surface area contributed by atoms with Crippen LogP contribution in [0.5, 0.6) is 5.75 Å². The Morgan fingerprint density at radius 2 is 2.29 bits per heavy atom. The van der Waals surface area contributed by atoms with E-state index in [-0.39, 0.29) is 29.4 Å². The maximum atomic E-state index is 11.5. The molecule has 0 bridgehead atoms. The summed E-state index contributed by atoms with van der Waals surface area (Å²) in [4.78, 5) is 29.8. The van der Waals surface area contributed by atoms with Crippen LogP contribution in [0, 0.1) is 10.1 Å². The maximum Gasteiger partial charge on any atom is 0.411 e. The van der Waals surface area contributed by atoms with Gasteiger partial charge in [-0.2, -0.15) is 0 Å². The van der Waals surface area contributed by atoms with E-state index in [1.165, 1.54) is 30.6 Å². The lowest BCUT2D eigenvalue weighted by molar-refractivity contribution is -0.384. The lowest BCUT2D eigenvalue weighted by Crippen LogP contribution is -2.13. The summed E-state index contributed by atoms with van der Waals surface area (Å²) in [7, 11) is 0. The van der Waals surface area contributed by atoms with Crippen LogP contribution in [0.1, 0.15) is 12.5 Å². The van der Waals surface area contributed by atoms with E-state index >= 15 is 0 Å². The van der Waals surface area contributed by atoms with Crippen LogP contribution in [-0.4, -0.2) is 33.9 Å². The second-order valence-corrected chi connectivity index (χ2v) is 4.48. The van der Waals surface area contributed by atoms with Crippen molar-refractivity contribution >= 4 is 29.5 Å². The van der Waals surface area contributed by atoms with Crippen LogP contribution in [0.3, 0.4) is 0 Å². The van der Waals surface area contributed by atoms with Crippen molar-refractivity contribution in [3.05, 3.63) is 52.2 Å². The monoisotopic (exact) mass is 330 g/mol. The molecule has 0 aliphatic rings. The number of carbonyl (C=O) groups excluding carboxylic acids is 1. The van der Waals surface area contributed by atoms with Gasteiger partial charge in [0, 0.05) is 30.1 Å². The van der Waals surface area contributed by atoms with Gasteiger partial charge in [-0.15, -0.1) is 0 Å². The van der Waals surface area contributed by atoms with Gasteiger partial charge in [-0.25, -0.2) is 14.8 Å². The molecule has 0 saturated carbocycles. The maximum absolute atomic E-state index is 11.5. The Morgan fingerprint density at radius 3 is 3.00 bits per heavy atom. The summed E-state index contributed by atoms with van der Waals surface area (Å²) in [5, 5.41) is 23.0. The second kappa shape index (κ2) is 7.68. The number of ether oxygens (including phenoxy) is 1. The van der Waals surface area contributed by atoms with E-state index in [0.717, 1.165) is 0 Å². The zero-order valence-corrected chi connectivity index (χ0v) is 12.7. The third-order valence-corrected chi connectivity index (χ3v) is 2.85. The fraction of sp³-hybridized carbons (Fsp3) is 0.133. The van der Waals surface area contributed by atoms with Crippen molar-refractivity contribution in [2.45, 2.75) is 6.92 Å². The van der Waals surface area contributed by atoms with Gasteiger partial charge in [0.1, 0.15) is 5.75 Å². The lowest BCUT2D eigenvalue weighted by atomic mass is 10.2. The normalized spacial score (nSPS) is 10.5. The molecule has 0 fully saturated rings. The Balaban J connectivity index is 2.28. The number of aromatic hydroxyl groups is 1. The van der Waals surface area contributed by atoms with Crippen LogP contribution in [0.2, 0.25) is 0 Å². The summed E-state index contributed by atoms with van der Waals surface area (Å²) in [6.45, 7) is 1.89. The van der Waals surface area contributed by atoms with Crippen molar-refractivity contribution in [1.82, 2.24) is 4.98 Å². The minimum atomic E-state index is -0.653. The van der Waals surface area contributed by atoms with Crippen LogP contribution in [0.25, 0.3) is 0 Å². The average Bonchev–Trinajstić information content (AvgIpc) is 2.55. The number of non-ortho nitro benzene ring substituents is 1. The highest BCUT2D eigenvalue weighted by molar-refractivity contribution is 5.91. The van der Waals surface area contributed by atoms with Crippen LogP contribution in [0.15, 0.2) is 41.5 Å². The highest BCUT2D eigenvalue weighted by Crippen LogP contribution is 2.24. The van der Waals surface area contributed by atoms with E-state index in [0.29, 0.717) is 5.69 Å². The molecule has 2 rings (SSSR count). The highest BCUT2D eigenvalue weighted by atomic mass is 16.6. The van der Waals surface area contributed by atoms with Gasteiger partial charge in [0.25, 0.3) is 5.69 Å². The van der Waals surface area contributed by atoms with Crippen molar-refractivity contribution in [3.63, 3.8) is 0 Å². The first kappa shape index (κ1) is 16.9.